The number of anilines is 2. The molecule has 6 nitrogen and oxygen atoms in total. The van der Waals surface area contributed by atoms with E-state index in [1.54, 1.807) is 0 Å². The standard InChI is InChI=1S/C19H26N4O2/c1-19(2,3)18(25)20-11-10-17(24)21-14-7-8-15-13(12-14)6-9-16(22-15)23(4)5/h6-9,12H,10-11H2,1-5H3,(H,20,25)(H,21,24). The van der Waals surface area contributed by atoms with Gasteiger partial charge in [0.2, 0.25) is 11.8 Å². The molecule has 0 fully saturated rings. The SMILES string of the molecule is CN(C)c1ccc2cc(NC(=O)CCNC(=O)C(C)(C)C)ccc2n1. The zero-order chi connectivity index (χ0) is 18.6. The number of nitrogens with zero attached hydrogens (tertiary/aromatic N) is 2. The first-order valence-electron chi connectivity index (χ1n) is 8.33. The first-order chi connectivity index (χ1) is 11.7. The molecule has 0 aliphatic carbocycles. The number of fused-ring (bicyclic) bond motifs is 1. The van der Waals surface area contributed by atoms with Crippen molar-refractivity contribution in [3.8, 4) is 0 Å². The summed E-state index contributed by atoms with van der Waals surface area (Å²) in [7, 11) is 3.89. The topological polar surface area (TPSA) is 74.3 Å². The lowest BCUT2D eigenvalue weighted by Gasteiger charge is -2.17. The number of pyridine rings is 1. The maximum absolute atomic E-state index is 12.0. The highest BCUT2D eigenvalue weighted by Gasteiger charge is 2.20. The Balaban J connectivity index is 1.95. The van der Waals surface area contributed by atoms with Gasteiger partial charge in [-0.05, 0) is 30.3 Å². The fraction of sp³-hybridized carbons (Fsp3) is 0.421. The lowest BCUT2D eigenvalue weighted by atomic mass is 9.96. The Kier molecular flexibility index (Phi) is 5.62. The predicted octanol–water partition coefficient (Wildman–Crippen LogP) is 2.79. The van der Waals surface area contributed by atoms with Crippen LogP contribution >= 0.6 is 0 Å². The molecule has 25 heavy (non-hydrogen) atoms. The van der Waals surface area contributed by atoms with Crippen LogP contribution in [-0.4, -0.2) is 37.4 Å². The van der Waals surface area contributed by atoms with Crippen LogP contribution in [0.25, 0.3) is 10.9 Å². The van der Waals surface area contributed by atoms with Crippen LogP contribution in [0.2, 0.25) is 0 Å². The van der Waals surface area contributed by atoms with Crippen molar-refractivity contribution < 1.29 is 9.59 Å². The summed E-state index contributed by atoms with van der Waals surface area (Å²) in [6, 6.07) is 9.54. The lowest BCUT2D eigenvalue weighted by Crippen LogP contribution is -2.36. The van der Waals surface area contributed by atoms with Crippen molar-refractivity contribution >= 4 is 34.2 Å². The Hall–Kier alpha value is -2.63. The van der Waals surface area contributed by atoms with Gasteiger partial charge in [-0.15, -0.1) is 0 Å². The molecule has 0 aliphatic rings. The smallest absolute Gasteiger partial charge is 0.226 e. The molecule has 2 aromatic rings. The summed E-state index contributed by atoms with van der Waals surface area (Å²) in [5.41, 5.74) is 1.15. The zero-order valence-electron chi connectivity index (χ0n) is 15.5. The molecular weight excluding hydrogens is 316 g/mol. The van der Waals surface area contributed by atoms with Gasteiger partial charge in [0.15, 0.2) is 0 Å². The molecule has 1 aromatic heterocycles. The molecule has 0 saturated carbocycles. The maximum atomic E-state index is 12.0. The average molecular weight is 342 g/mol. The fourth-order valence-electron chi connectivity index (χ4n) is 2.22. The minimum absolute atomic E-state index is 0.0613. The van der Waals surface area contributed by atoms with E-state index in [-0.39, 0.29) is 18.2 Å². The molecule has 0 unspecified atom stereocenters. The normalized spacial score (nSPS) is 11.2. The van der Waals surface area contributed by atoms with E-state index in [2.05, 4.69) is 15.6 Å². The molecule has 2 N–H and O–H groups in total. The summed E-state index contributed by atoms with van der Waals surface area (Å²) in [5.74, 6) is 0.694. The van der Waals surface area contributed by atoms with E-state index in [1.165, 1.54) is 0 Å². The molecule has 0 radical (unpaired) electrons. The van der Waals surface area contributed by atoms with E-state index in [0.717, 1.165) is 22.4 Å². The highest BCUT2D eigenvalue weighted by Crippen LogP contribution is 2.20. The second-order valence-electron chi connectivity index (χ2n) is 7.28. The third-order valence-electron chi connectivity index (χ3n) is 3.74. The number of carbonyl (C=O) groups excluding carboxylic acids is 2. The number of carbonyl (C=O) groups is 2. The summed E-state index contributed by atoms with van der Waals surface area (Å²) in [4.78, 5) is 30.3. The zero-order valence-corrected chi connectivity index (χ0v) is 15.5. The molecule has 6 heteroatoms. The van der Waals surface area contributed by atoms with E-state index in [4.69, 9.17) is 0 Å². The van der Waals surface area contributed by atoms with Crippen LogP contribution in [0.1, 0.15) is 27.2 Å². The fourth-order valence-corrected chi connectivity index (χ4v) is 2.22. The summed E-state index contributed by atoms with van der Waals surface area (Å²) in [6.07, 6.45) is 0.234. The van der Waals surface area contributed by atoms with Crippen LogP contribution in [0.15, 0.2) is 30.3 Å². The molecular formula is C19H26N4O2. The van der Waals surface area contributed by atoms with Crippen molar-refractivity contribution in [2.24, 2.45) is 5.41 Å². The van der Waals surface area contributed by atoms with Gasteiger partial charge in [0.05, 0.1) is 5.52 Å². The maximum Gasteiger partial charge on any atom is 0.226 e. The number of benzene rings is 1. The summed E-state index contributed by atoms with van der Waals surface area (Å²) in [5, 5.41) is 6.59. The highest BCUT2D eigenvalue weighted by molar-refractivity contribution is 5.94. The first kappa shape index (κ1) is 18.7. The second kappa shape index (κ2) is 7.51. The molecule has 2 rings (SSSR count). The Morgan fingerprint density at radius 1 is 1.12 bits per heavy atom. The largest absolute Gasteiger partial charge is 0.363 e. The van der Waals surface area contributed by atoms with Gasteiger partial charge in [-0.25, -0.2) is 4.98 Å². The number of hydrogen-bond acceptors (Lipinski definition) is 4. The Morgan fingerprint density at radius 2 is 1.84 bits per heavy atom. The van der Waals surface area contributed by atoms with Gasteiger partial charge in [-0.3, -0.25) is 9.59 Å². The van der Waals surface area contributed by atoms with Crippen LogP contribution < -0.4 is 15.5 Å². The number of hydrogen-bond donors (Lipinski definition) is 2. The number of rotatable bonds is 5. The van der Waals surface area contributed by atoms with Crippen LogP contribution in [0.3, 0.4) is 0 Å². The molecule has 1 aromatic carbocycles. The van der Waals surface area contributed by atoms with Crippen molar-refractivity contribution in [3.05, 3.63) is 30.3 Å². The Morgan fingerprint density at radius 3 is 2.48 bits per heavy atom. The van der Waals surface area contributed by atoms with Gasteiger partial charge in [0.25, 0.3) is 0 Å². The Bertz CT molecular complexity index is 779. The van der Waals surface area contributed by atoms with E-state index in [1.807, 2.05) is 70.1 Å². The summed E-state index contributed by atoms with van der Waals surface area (Å²) < 4.78 is 0. The molecule has 0 saturated heterocycles. The van der Waals surface area contributed by atoms with Gasteiger partial charge in [-0.2, -0.15) is 0 Å². The van der Waals surface area contributed by atoms with E-state index < -0.39 is 5.41 Å². The minimum Gasteiger partial charge on any atom is -0.363 e. The van der Waals surface area contributed by atoms with E-state index >= 15 is 0 Å². The molecule has 2 amide bonds. The van der Waals surface area contributed by atoms with Crippen molar-refractivity contribution in [3.63, 3.8) is 0 Å². The van der Waals surface area contributed by atoms with Gasteiger partial charge < -0.3 is 15.5 Å². The van der Waals surface area contributed by atoms with Crippen molar-refractivity contribution in [2.45, 2.75) is 27.2 Å². The monoisotopic (exact) mass is 342 g/mol. The first-order valence-corrected chi connectivity index (χ1v) is 8.33. The van der Waals surface area contributed by atoms with E-state index in [9.17, 15) is 9.59 Å². The van der Waals surface area contributed by atoms with Crippen molar-refractivity contribution in [1.82, 2.24) is 10.3 Å². The van der Waals surface area contributed by atoms with Gasteiger partial charge in [-0.1, -0.05) is 20.8 Å². The summed E-state index contributed by atoms with van der Waals surface area (Å²) >= 11 is 0. The second-order valence-corrected chi connectivity index (χ2v) is 7.28. The van der Waals surface area contributed by atoms with Crippen molar-refractivity contribution in [2.75, 3.05) is 30.9 Å². The van der Waals surface area contributed by atoms with Crippen LogP contribution in [0.4, 0.5) is 11.5 Å². The van der Waals surface area contributed by atoms with Gasteiger partial charge in [0.1, 0.15) is 5.82 Å². The molecule has 0 spiro atoms. The molecule has 1 heterocycles. The molecule has 0 aliphatic heterocycles. The number of aromatic nitrogens is 1. The highest BCUT2D eigenvalue weighted by atomic mass is 16.2. The third kappa shape index (κ3) is 5.17. The molecule has 0 atom stereocenters. The van der Waals surface area contributed by atoms with Crippen LogP contribution in [0.5, 0.6) is 0 Å². The summed E-state index contributed by atoms with van der Waals surface area (Å²) in [6.45, 7) is 5.84. The van der Waals surface area contributed by atoms with Crippen LogP contribution in [-0.2, 0) is 9.59 Å². The lowest BCUT2D eigenvalue weighted by molar-refractivity contribution is -0.128. The molecule has 134 valence electrons. The van der Waals surface area contributed by atoms with Crippen LogP contribution in [0, 0.1) is 5.41 Å². The third-order valence-corrected chi connectivity index (χ3v) is 3.74. The predicted molar refractivity (Wildman–Crippen MR) is 102 cm³/mol. The van der Waals surface area contributed by atoms with Gasteiger partial charge in [0, 0.05) is 43.5 Å². The quantitative estimate of drug-likeness (QED) is 0.876. The van der Waals surface area contributed by atoms with Crippen molar-refractivity contribution in [1.29, 1.82) is 0 Å². The Labute approximate surface area is 148 Å². The average Bonchev–Trinajstić information content (AvgIpc) is 2.53. The minimum atomic E-state index is -0.451. The van der Waals surface area contributed by atoms with Gasteiger partial charge >= 0.3 is 0 Å². The molecule has 0 bridgehead atoms. The number of amides is 2. The van der Waals surface area contributed by atoms with E-state index in [0.29, 0.717) is 6.54 Å². The number of nitrogens with one attached hydrogen (secondary N) is 2.